The molecule has 0 radical (unpaired) electrons. The molecule has 4 aromatic rings. The first-order chi connectivity index (χ1) is 13.6. The number of rotatable bonds is 5. The third-order valence-electron chi connectivity index (χ3n) is 4.01. The van der Waals surface area contributed by atoms with Crippen LogP contribution in [0.15, 0.2) is 54.0 Å². The van der Waals surface area contributed by atoms with Gasteiger partial charge >= 0.3 is 0 Å². The average Bonchev–Trinajstić information content (AvgIpc) is 3.37. The zero-order valence-electron chi connectivity index (χ0n) is 14.7. The van der Waals surface area contributed by atoms with E-state index in [2.05, 4.69) is 25.8 Å². The fourth-order valence-corrected chi connectivity index (χ4v) is 3.24. The number of hydrogen-bond acceptors (Lipinski definition) is 6. The summed E-state index contributed by atoms with van der Waals surface area (Å²) in [6.45, 7) is 0. The van der Waals surface area contributed by atoms with Crippen LogP contribution >= 0.6 is 11.3 Å². The summed E-state index contributed by atoms with van der Waals surface area (Å²) >= 11 is 1.18. The van der Waals surface area contributed by atoms with E-state index in [1.54, 1.807) is 55.1 Å². The van der Waals surface area contributed by atoms with E-state index in [1.165, 1.54) is 11.3 Å². The summed E-state index contributed by atoms with van der Waals surface area (Å²) < 4.78 is 5.07. The van der Waals surface area contributed by atoms with E-state index in [0.717, 1.165) is 10.9 Å². The summed E-state index contributed by atoms with van der Waals surface area (Å²) in [6, 6.07) is 12.1. The van der Waals surface area contributed by atoms with E-state index < -0.39 is 0 Å². The number of amides is 2. The standard InChI is InChI=1S/C19H15N5O3S/c1-27-14-6-3-11(4-7-14)17(25)23-19-22-16(10-28-19)18(26)21-13-5-2-12-9-20-24-15(12)8-13/h2-10H,1H3,(H,20,24)(H,21,26)(H,22,23,25). The van der Waals surface area contributed by atoms with Gasteiger partial charge in [-0.25, -0.2) is 4.98 Å². The Balaban J connectivity index is 1.42. The largest absolute Gasteiger partial charge is 0.497 e. The Hall–Kier alpha value is -3.72. The molecule has 0 aliphatic rings. The molecule has 2 amide bonds. The molecule has 4 rings (SSSR count). The normalized spacial score (nSPS) is 10.6. The smallest absolute Gasteiger partial charge is 0.275 e. The Kier molecular flexibility index (Phi) is 4.73. The fraction of sp³-hybridized carbons (Fsp3) is 0.0526. The first-order valence-corrected chi connectivity index (χ1v) is 9.16. The average molecular weight is 393 g/mol. The summed E-state index contributed by atoms with van der Waals surface area (Å²) in [4.78, 5) is 28.9. The van der Waals surface area contributed by atoms with Crippen molar-refractivity contribution in [1.29, 1.82) is 0 Å². The Morgan fingerprint density at radius 3 is 2.68 bits per heavy atom. The van der Waals surface area contributed by atoms with Crippen LogP contribution in [-0.2, 0) is 0 Å². The first-order valence-electron chi connectivity index (χ1n) is 8.28. The number of anilines is 2. The van der Waals surface area contributed by atoms with Gasteiger partial charge in [0.25, 0.3) is 11.8 Å². The van der Waals surface area contributed by atoms with Crippen LogP contribution in [0, 0.1) is 0 Å². The number of ether oxygens (including phenoxy) is 1. The number of hydrogen-bond donors (Lipinski definition) is 3. The van der Waals surface area contributed by atoms with E-state index in [1.807, 2.05) is 6.07 Å². The van der Waals surface area contributed by atoms with Crippen molar-refractivity contribution in [2.45, 2.75) is 0 Å². The summed E-state index contributed by atoms with van der Waals surface area (Å²) in [6.07, 6.45) is 1.71. The molecule has 0 spiro atoms. The SMILES string of the molecule is COc1ccc(C(=O)Nc2nc(C(=O)Nc3ccc4cn[nH]c4c3)cs2)cc1. The molecule has 0 atom stereocenters. The quantitative estimate of drug-likeness (QED) is 0.481. The zero-order valence-corrected chi connectivity index (χ0v) is 15.5. The highest BCUT2D eigenvalue weighted by Gasteiger charge is 2.14. The van der Waals surface area contributed by atoms with Gasteiger partial charge in [-0.2, -0.15) is 5.10 Å². The Bertz CT molecular complexity index is 1150. The zero-order chi connectivity index (χ0) is 19.5. The molecule has 3 N–H and O–H groups in total. The van der Waals surface area contributed by atoms with Gasteiger partial charge in [-0.1, -0.05) is 0 Å². The van der Waals surface area contributed by atoms with Crippen molar-refractivity contribution in [2.24, 2.45) is 0 Å². The van der Waals surface area contributed by atoms with E-state index >= 15 is 0 Å². The van der Waals surface area contributed by atoms with Crippen molar-refractivity contribution in [3.8, 4) is 5.75 Å². The van der Waals surface area contributed by atoms with Gasteiger partial charge in [-0.3, -0.25) is 20.0 Å². The Morgan fingerprint density at radius 2 is 1.89 bits per heavy atom. The second-order valence-electron chi connectivity index (χ2n) is 5.85. The number of thiazole rings is 1. The number of H-pyrrole nitrogens is 1. The Labute approximate surface area is 163 Å². The van der Waals surface area contributed by atoms with Gasteiger partial charge in [0, 0.05) is 22.0 Å². The summed E-state index contributed by atoms with van der Waals surface area (Å²) in [5.74, 6) is -0.00760. The van der Waals surface area contributed by atoms with Crippen LogP contribution in [0.1, 0.15) is 20.8 Å². The minimum Gasteiger partial charge on any atom is -0.497 e. The van der Waals surface area contributed by atoms with E-state index in [9.17, 15) is 9.59 Å². The molecule has 0 aliphatic heterocycles. The van der Waals surface area contributed by atoms with Crippen LogP contribution < -0.4 is 15.4 Å². The van der Waals surface area contributed by atoms with Crippen molar-refractivity contribution >= 4 is 44.9 Å². The maximum atomic E-state index is 12.4. The summed E-state index contributed by atoms with van der Waals surface area (Å²) in [5, 5.41) is 15.2. The van der Waals surface area contributed by atoms with Crippen LogP contribution in [0.3, 0.4) is 0 Å². The maximum absolute atomic E-state index is 12.4. The predicted octanol–water partition coefficient (Wildman–Crippen LogP) is 3.53. The molecule has 140 valence electrons. The number of carbonyl (C=O) groups excluding carboxylic acids is 2. The predicted molar refractivity (Wildman–Crippen MR) is 107 cm³/mol. The molecule has 28 heavy (non-hydrogen) atoms. The Morgan fingerprint density at radius 1 is 1.07 bits per heavy atom. The van der Waals surface area contributed by atoms with Gasteiger partial charge in [-0.15, -0.1) is 11.3 Å². The van der Waals surface area contributed by atoms with E-state index in [-0.39, 0.29) is 17.5 Å². The van der Waals surface area contributed by atoms with Gasteiger partial charge in [0.1, 0.15) is 11.4 Å². The number of aromatic nitrogens is 3. The maximum Gasteiger partial charge on any atom is 0.275 e. The van der Waals surface area contributed by atoms with Crippen molar-refractivity contribution in [1.82, 2.24) is 15.2 Å². The lowest BCUT2D eigenvalue weighted by Crippen LogP contribution is -2.14. The minimum absolute atomic E-state index is 0.222. The number of carbonyl (C=O) groups is 2. The molecule has 8 nitrogen and oxygen atoms in total. The van der Waals surface area contributed by atoms with Crippen LogP contribution in [0.2, 0.25) is 0 Å². The molecule has 0 saturated carbocycles. The molecule has 2 aromatic heterocycles. The lowest BCUT2D eigenvalue weighted by atomic mass is 10.2. The summed E-state index contributed by atoms with van der Waals surface area (Å²) in [5.41, 5.74) is 2.14. The van der Waals surface area contributed by atoms with Gasteiger partial charge in [-0.05, 0) is 42.5 Å². The van der Waals surface area contributed by atoms with Crippen LogP contribution in [0.4, 0.5) is 10.8 Å². The summed E-state index contributed by atoms with van der Waals surface area (Å²) in [7, 11) is 1.56. The third-order valence-corrected chi connectivity index (χ3v) is 4.77. The third kappa shape index (κ3) is 3.69. The van der Waals surface area contributed by atoms with Crippen molar-refractivity contribution in [3.63, 3.8) is 0 Å². The van der Waals surface area contributed by atoms with Crippen LogP contribution in [0.25, 0.3) is 10.9 Å². The highest BCUT2D eigenvalue weighted by molar-refractivity contribution is 7.14. The lowest BCUT2D eigenvalue weighted by molar-refractivity contribution is 0.101. The fourth-order valence-electron chi connectivity index (χ4n) is 2.56. The molecular formula is C19H15N5O3S. The van der Waals surface area contributed by atoms with Gasteiger partial charge in [0.15, 0.2) is 5.13 Å². The van der Waals surface area contributed by atoms with Gasteiger partial charge < -0.3 is 10.1 Å². The number of methoxy groups -OCH3 is 1. The number of aromatic amines is 1. The second kappa shape index (κ2) is 7.49. The first kappa shape index (κ1) is 17.7. The molecule has 0 aliphatic carbocycles. The molecule has 0 bridgehead atoms. The monoisotopic (exact) mass is 393 g/mol. The molecule has 2 heterocycles. The molecule has 0 saturated heterocycles. The van der Waals surface area contributed by atoms with Crippen molar-refractivity contribution < 1.29 is 14.3 Å². The number of benzene rings is 2. The molecule has 2 aromatic carbocycles. The highest BCUT2D eigenvalue weighted by Crippen LogP contribution is 2.20. The highest BCUT2D eigenvalue weighted by atomic mass is 32.1. The van der Waals surface area contributed by atoms with Crippen LogP contribution in [0.5, 0.6) is 5.75 Å². The van der Waals surface area contributed by atoms with E-state index in [0.29, 0.717) is 22.1 Å². The van der Waals surface area contributed by atoms with Gasteiger partial charge in [0.2, 0.25) is 0 Å². The topological polar surface area (TPSA) is 109 Å². The number of fused-ring (bicyclic) bond motifs is 1. The van der Waals surface area contributed by atoms with Crippen LogP contribution in [-0.4, -0.2) is 34.1 Å². The molecule has 0 fully saturated rings. The molecule has 0 unspecified atom stereocenters. The van der Waals surface area contributed by atoms with Crippen molar-refractivity contribution in [2.75, 3.05) is 17.7 Å². The lowest BCUT2D eigenvalue weighted by Gasteiger charge is -2.04. The van der Waals surface area contributed by atoms with E-state index in [4.69, 9.17) is 4.74 Å². The van der Waals surface area contributed by atoms with Gasteiger partial charge in [0.05, 0.1) is 18.8 Å². The second-order valence-corrected chi connectivity index (χ2v) is 6.70. The number of nitrogens with one attached hydrogen (secondary N) is 3. The molecular weight excluding hydrogens is 378 g/mol. The number of nitrogens with zero attached hydrogens (tertiary/aromatic N) is 2. The minimum atomic E-state index is -0.361. The van der Waals surface area contributed by atoms with Crippen molar-refractivity contribution in [3.05, 3.63) is 65.3 Å². The molecule has 9 heteroatoms.